The molecule has 0 atom stereocenters. The maximum atomic E-state index is 2.53. The van der Waals surface area contributed by atoms with Crippen molar-refractivity contribution in [3.05, 3.63) is 205 Å². The van der Waals surface area contributed by atoms with Crippen LogP contribution in [-0.4, -0.2) is 4.57 Å². The van der Waals surface area contributed by atoms with Gasteiger partial charge < -0.3 is 9.47 Å². The lowest BCUT2D eigenvalue weighted by molar-refractivity contribution is 0.590. The van der Waals surface area contributed by atoms with Crippen molar-refractivity contribution < 1.29 is 0 Å². The summed E-state index contributed by atoms with van der Waals surface area (Å²) in [5.74, 6) is 0. The third kappa shape index (κ3) is 6.85. The van der Waals surface area contributed by atoms with E-state index < -0.39 is 0 Å². The van der Waals surface area contributed by atoms with Crippen molar-refractivity contribution in [1.82, 2.24) is 4.57 Å². The Labute approximate surface area is 390 Å². The van der Waals surface area contributed by atoms with Crippen LogP contribution in [0.3, 0.4) is 0 Å². The Hall–Kier alpha value is -7.16. The van der Waals surface area contributed by atoms with Gasteiger partial charge in [0.2, 0.25) is 0 Å². The second-order valence-corrected chi connectivity index (χ2v) is 21.5. The molecule has 0 aliphatic carbocycles. The molecule has 0 saturated carbocycles. The Morgan fingerprint density at radius 3 is 1.32 bits per heavy atom. The SMILES string of the molecule is CC(C)(C)c1ccc(-c2ccccc2N(c2ccccc2-c2ccccc2)c2ccc3ccc4c(-n5c6ccc(C(C)(C)C)cc6c6cc(C(C)(C)C)ccc65)ccc5ccc2c3c54)cc1. The first-order valence-corrected chi connectivity index (χ1v) is 23.6. The van der Waals surface area contributed by atoms with Crippen LogP contribution < -0.4 is 4.90 Å². The van der Waals surface area contributed by atoms with Crippen LogP contribution in [0.1, 0.15) is 79.0 Å². The molecule has 66 heavy (non-hydrogen) atoms. The van der Waals surface area contributed by atoms with Crippen LogP contribution in [0.2, 0.25) is 0 Å². The van der Waals surface area contributed by atoms with Crippen molar-refractivity contribution in [3.8, 4) is 27.9 Å². The summed E-state index contributed by atoms with van der Waals surface area (Å²) in [5.41, 5.74) is 16.0. The average Bonchev–Trinajstić information content (AvgIpc) is 3.64. The summed E-state index contributed by atoms with van der Waals surface area (Å²) in [6, 6.07) is 70.9. The van der Waals surface area contributed by atoms with E-state index in [0.29, 0.717) is 0 Å². The van der Waals surface area contributed by atoms with E-state index >= 15 is 0 Å². The van der Waals surface area contributed by atoms with Crippen LogP contribution in [0.15, 0.2) is 188 Å². The lowest BCUT2D eigenvalue weighted by atomic mass is 9.85. The first-order chi connectivity index (χ1) is 31.6. The largest absolute Gasteiger partial charge is 0.309 e. The Bertz CT molecular complexity index is 3550. The molecule has 0 saturated heterocycles. The van der Waals surface area contributed by atoms with Crippen molar-refractivity contribution in [2.24, 2.45) is 0 Å². The fourth-order valence-electron chi connectivity index (χ4n) is 10.4. The van der Waals surface area contributed by atoms with Crippen LogP contribution in [0.5, 0.6) is 0 Å². The molecule has 1 heterocycles. The van der Waals surface area contributed by atoms with Crippen molar-refractivity contribution in [2.75, 3.05) is 4.90 Å². The average molecular weight is 855 g/mol. The molecule has 2 heteroatoms. The van der Waals surface area contributed by atoms with Gasteiger partial charge in [-0.1, -0.05) is 202 Å². The summed E-state index contributed by atoms with van der Waals surface area (Å²) < 4.78 is 2.53. The predicted molar refractivity (Wildman–Crippen MR) is 286 cm³/mol. The van der Waals surface area contributed by atoms with Gasteiger partial charge in [-0.2, -0.15) is 0 Å². The van der Waals surface area contributed by atoms with Gasteiger partial charge in [-0.05, 0) is 114 Å². The highest BCUT2D eigenvalue weighted by atomic mass is 15.1. The molecule has 0 aliphatic rings. The zero-order valence-corrected chi connectivity index (χ0v) is 39.8. The quantitative estimate of drug-likeness (QED) is 0.151. The zero-order valence-electron chi connectivity index (χ0n) is 39.8. The normalized spacial score (nSPS) is 12.6. The second-order valence-electron chi connectivity index (χ2n) is 21.5. The van der Waals surface area contributed by atoms with Gasteiger partial charge in [-0.25, -0.2) is 0 Å². The van der Waals surface area contributed by atoms with E-state index in [1.807, 2.05) is 0 Å². The number of hydrogen-bond acceptors (Lipinski definition) is 1. The molecule has 10 aromatic carbocycles. The Morgan fingerprint density at radius 2 is 0.773 bits per heavy atom. The molecule has 11 aromatic rings. The highest BCUT2D eigenvalue weighted by Crippen LogP contribution is 2.50. The van der Waals surface area contributed by atoms with Gasteiger partial charge in [-0.3, -0.25) is 0 Å². The minimum Gasteiger partial charge on any atom is -0.309 e. The van der Waals surface area contributed by atoms with Gasteiger partial charge in [0.1, 0.15) is 0 Å². The number of hydrogen-bond donors (Lipinski definition) is 0. The van der Waals surface area contributed by atoms with Gasteiger partial charge in [-0.15, -0.1) is 0 Å². The van der Waals surface area contributed by atoms with E-state index in [0.717, 1.165) is 17.1 Å². The summed E-state index contributed by atoms with van der Waals surface area (Å²) in [7, 11) is 0. The third-order valence-electron chi connectivity index (χ3n) is 14.0. The number of benzene rings is 10. The monoisotopic (exact) mass is 854 g/mol. The molecule has 0 aliphatic heterocycles. The van der Waals surface area contributed by atoms with E-state index in [1.54, 1.807) is 0 Å². The zero-order chi connectivity index (χ0) is 45.7. The Kier molecular flexibility index (Phi) is 9.57. The molecule has 0 bridgehead atoms. The van der Waals surface area contributed by atoms with Crippen LogP contribution in [-0.2, 0) is 16.2 Å². The molecular weight excluding hydrogens is 797 g/mol. The van der Waals surface area contributed by atoms with Gasteiger partial charge in [0.15, 0.2) is 0 Å². The standard InChI is InChI=1S/C64H58N2/c1-62(2,3)45-29-23-42(24-30-45)49-20-14-16-22-55(49)65(54-21-15-13-19-48(54)41-17-11-10-12-18-41)56-35-27-43-26-34-51-57(36-28-44-25-33-50(56)60(43)61(44)51)66-58-37-31-46(63(4,5)6)39-52(58)53-40-47(64(7,8)9)32-38-59(53)66/h10-40H,1-9H3. The van der Waals surface area contributed by atoms with Gasteiger partial charge >= 0.3 is 0 Å². The van der Waals surface area contributed by atoms with E-state index in [4.69, 9.17) is 0 Å². The molecule has 0 spiro atoms. The summed E-state index contributed by atoms with van der Waals surface area (Å²) in [4.78, 5) is 2.52. The number of anilines is 3. The lowest BCUT2D eigenvalue weighted by Gasteiger charge is -2.31. The molecule has 324 valence electrons. The molecule has 0 N–H and O–H groups in total. The molecule has 0 amide bonds. The van der Waals surface area contributed by atoms with Crippen LogP contribution >= 0.6 is 0 Å². The van der Waals surface area contributed by atoms with Crippen LogP contribution in [0.25, 0.3) is 82.1 Å². The number of nitrogens with zero attached hydrogens (tertiary/aromatic N) is 2. The van der Waals surface area contributed by atoms with Gasteiger partial charge in [0.05, 0.1) is 33.8 Å². The summed E-state index contributed by atoms with van der Waals surface area (Å²) in [5, 5.41) is 10.1. The molecule has 0 radical (unpaired) electrons. The fourth-order valence-corrected chi connectivity index (χ4v) is 10.4. The van der Waals surface area contributed by atoms with Crippen molar-refractivity contribution in [1.29, 1.82) is 0 Å². The number of para-hydroxylation sites is 2. The summed E-state index contributed by atoms with van der Waals surface area (Å²) >= 11 is 0. The first-order valence-electron chi connectivity index (χ1n) is 23.6. The van der Waals surface area contributed by atoms with E-state index in [2.05, 4.69) is 260 Å². The molecule has 0 fully saturated rings. The van der Waals surface area contributed by atoms with Crippen molar-refractivity contribution in [2.45, 2.75) is 78.6 Å². The topological polar surface area (TPSA) is 8.17 Å². The van der Waals surface area contributed by atoms with Gasteiger partial charge in [0, 0.05) is 32.7 Å². The minimum atomic E-state index is 0.0296. The second kappa shape index (κ2) is 15.2. The molecule has 2 nitrogen and oxygen atoms in total. The number of aromatic nitrogens is 1. The smallest absolute Gasteiger partial charge is 0.0541 e. The summed E-state index contributed by atoms with van der Waals surface area (Å²) in [6.45, 7) is 20.7. The maximum Gasteiger partial charge on any atom is 0.0541 e. The predicted octanol–water partition coefficient (Wildman–Crippen LogP) is 18.4. The lowest BCUT2D eigenvalue weighted by Crippen LogP contribution is -2.13. The van der Waals surface area contributed by atoms with E-state index in [9.17, 15) is 0 Å². The first kappa shape index (κ1) is 41.5. The van der Waals surface area contributed by atoms with E-state index in [-0.39, 0.29) is 16.2 Å². The molecule has 1 aromatic heterocycles. The fraction of sp³-hybridized carbons (Fsp3) is 0.188. The highest BCUT2D eigenvalue weighted by molar-refractivity contribution is 6.28. The summed E-state index contributed by atoms with van der Waals surface area (Å²) in [6.07, 6.45) is 0. The van der Waals surface area contributed by atoms with Gasteiger partial charge in [0.25, 0.3) is 0 Å². The van der Waals surface area contributed by atoms with Crippen molar-refractivity contribution in [3.63, 3.8) is 0 Å². The maximum absolute atomic E-state index is 2.53. The minimum absolute atomic E-state index is 0.0296. The van der Waals surface area contributed by atoms with E-state index in [1.165, 1.54) is 98.8 Å². The van der Waals surface area contributed by atoms with Crippen LogP contribution in [0.4, 0.5) is 17.1 Å². The van der Waals surface area contributed by atoms with Crippen molar-refractivity contribution >= 4 is 71.2 Å². The Balaban J connectivity index is 1.19. The highest BCUT2D eigenvalue weighted by Gasteiger charge is 2.26. The third-order valence-corrected chi connectivity index (χ3v) is 14.0. The molecule has 0 unspecified atom stereocenters. The molecule has 11 rings (SSSR count). The molecular formula is C64H58N2. The number of fused-ring (bicyclic) bond motifs is 3. The van der Waals surface area contributed by atoms with Crippen LogP contribution in [0, 0.1) is 0 Å². The Morgan fingerprint density at radius 1 is 0.333 bits per heavy atom. The number of rotatable bonds is 6.